The monoisotopic (exact) mass is 215 g/mol. The smallest absolute Gasteiger partial charge is 0.120 e. The summed E-state index contributed by atoms with van der Waals surface area (Å²) in [6, 6.07) is 6.08. The molecular formula is C14H17NO. The maximum Gasteiger partial charge on any atom is 0.120 e. The van der Waals surface area contributed by atoms with Gasteiger partial charge in [0.15, 0.2) is 0 Å². The number of nitrogens with zero attached hydrogens (tertiary/aromatic N) is 1. The lowest BCUT2D eigenvalue weighted by molar-refractivity contribution is 0.340. The molecule has 0 saturated carbocycles. The van der Waals surface area contributed by atoms with Crippen LogP contribution in [0.3, 0.4) is 0 Å². The van der Waals surface area contributed by atoms with Crippen molar-refractivity contribution in [2.75, 3.05) is 6.61 Å². The summed E-state index contributed by atoms with van der Waals surface area (Å²) in [4.78, 5) is 4.58. The van der Waals surface area contributed by atoms with Gasteiger partial charge in [-0.2, -0.15) is 0 Å². The van der Waals surface area contributed by atoms with E-state index in [2.05, 4.69) is 31.8 Å². The van der Waals surface area contributed by atoms with Crippen molar-refractivity contribution in [2.45, 2.75) is 27.7 Å². The predicted molar refractivity (Wildman–Crippen MR) is 67.1 cm³/mol. The summed E-state index contributed by atoms with van der Waals surface area (Å²) < 4.78 is 5.51. The van der Waals surface area contributed by atoms with Crippen molar-refractivity contribution in [1.82, 2.24) is 4.98 Å². The standard InChI is InChI=1S/C14H17NO/c1-5-16-12-6-7-14-13(8-12)10(3)9(2)11(4)15-14/h6-8H,5H2,1-4H3. The molecule has 0 amide bonds. The minimum absolute atomic E-state index is 0.697. The van der Waals surface area contributed by atoms with E-state index in [1.807, 2.05) is 19.1 Å². The second kappa shape index (κ2) is 4.12. The molecular weight excluding hydrogens is 198 g/mol. The number of hydrogen-bond acceptors (Lipinski definition) is 2. The lowest BCUT2D eigenvalue weighted by Crippen LogP contribution is -1.95. The van der Waals surface area contributed by atoms with E-state index in [0.717, 1.165) is 17.0 Å². The Labute approximate surface area is 96.3 Å². The first kappa shape index (κ1) is 10.9. The van der Waals surface area contributed by atoms with Crippen molar-refractivity contribution in [2.24, 2.45) is 0 Å². The molecule has 84 valence electrons. The molecule has 0 fully saturated rings. The third kappa shape index (κ3) is 1.75. The van der Waals surface area contributed by atoms with E-state index in [0.29, 0.717) is 6.61 Å². The van der Waals surface area contributed by atoms with E-state index in [9.17, 15) is 0 Å². The highest BCUT2D eigenvalue weighted by Gasteiger charge is 2.06. The first-order valence-corrected chi connectivity index (χ1v) is 5.64. The van der Waals surface area contributed by atoms with E-state index < -0.39 is 0 Å². The van der Waals surface area contributed by atoms with Gasteiger partial charge >= 0.3 is 0 Å². The average molecular weight is 215 g/mol. The van der Waals surface area contributed by atoms with Crippen molar-refractivity contribution in [3.8, 4) is 5.75 Å². The molecule has 0 spiro atoms. The molecule has 0 aliphatic heterocycles. The van der Waals surface area contributed by atoms with Crippen LogP contribution in [0.25, 0.3) is 10.9 Å². The van der Waals surface area contributed by atoms with E-state index in [1.54, 1.807) is 0 Å². The third-order valence-electron chi connectivity index (χ3n) is 3.08. The number of pyridine rings is 1. The third-order valence-corrected chi connectivity index (χ3v) is 3.08. The number of fused-ring (bicyclic) bond motifs is 1. The minimum atomic E-state index is 0.697. The molecule has 0 atom stereocenters. The average Bonchev–Trinajstić information content (AvgIpc) is 2.28. The van der Waals surface area contributed by atoms with Gasteiger partial charge in [0.25, 0.3) is 0 Å². The van der Waals surface area contributed by atoms with Gasteiger partial charge in [-0.25, -0.2) is 0 Å². The summed E-state index contributed by atoms with van der Waals surface area (Å²) >= 11 is 0. The number of rotatable bonds is 2. The van der Waals surface area contributed by atoms with Crippen LogP contribution in [0.4, 0.5) is 0 Å². The molecule has 0 radical (unpaired) electrons. The zero-order valence-electron chi connectivity index (χ0n) is 10.3. The van der Waals surface area contributed by atoms with Gasteiger partial charge in [-0.15, -0.1) is 0 Å². The molecule has 2 rings (SSSR count). The second-order valence-electron chi connectivity index (χ2n) is 4.06. The molecule has 2 nitrogen and oxygen atoms in total. The van der Waals surface area contributed by atoms with Crippen LogP contribution in [0, 0.1) is 20.8 Å². The first-order chi connectivity index (χ1) is 7.63. The largest absolute Gasteiger partial charge is 0.494 e. The second-order valence-corrected chi connectivity index (χ2v) is 4.06. The number of benzene rings is 1. The Morgan fingerprint density at radius 1 is 1.12 bits per heavy atom. The Kier molecular flexibility index (Phi) is 2.82. The zero-order chi connectivity index (χ0) is 11.7. The molecule has 1 heterocycles. The van der Waals surface area contributed by atoms with Crippen LogP contribution in [0.1, 0.15) is 23.7 Å². The molecule has 0 aliphatic carbocycles. The van der Waals surface area contributed by atoms with Gasteiger partial charge in [0, 0.05) is 11.1 Å². The van der Waals surface area contributed by atoms with Crippen LogP contribution < -0.4 is 4.74 Å². The van der Waals surface area contributed by atoms with E-state index >= 15 is 0 Å². The summed E-state index contributed by atoms with van der Waals surface area (Å²) in [6.45, 7) is 9.00. The number of ether oxygens (including phenoxy) is 1. The van der Waals surface area contributed by atoms with Crippen molar-refractivity contribution in [1.29, 1.82) is 0 Å². The van der Waals surface area contributed by atoms with E-state index in [4.69, 9.17) is 4.74 Å². The Bertz CT molecular complexity index is 532. The summed E-state index contributed by atoms with van der Waals surface area (Å²) in [5.74, 6) is 0.920. The van der Waals surface area contributed by atoms with Crippen LogP contribution in [-0.2, 0) is 0 Å². The molecule has 0 N–H and O–H groups in total. The molecule has 2 heteroatoms. The topological polar surface area (TPSA) is 22.1 Å². The van der Waals surface area contributed by atoms with Gasteiger partial charge in [-0.3, -0.25) is 4.98 Å². The number of hydrogen-bond donors (Lipinski definition) is 0. The van der Waals surface area contributed by atoms with Crippen LogP contribution in [-0.4, -0.2) is 11.6 Å². The fraction of sp³-hybridized carbons (Fsp3) is 0.357. The highest BCUT2D eigenvalue weighted by molar-refractivity contribution is 5.84. The molecule has 0 unspecified atom stereocenters. The fourth-order valence-corrected chi connectivity index (χ4v) is 1.91. The van der Waals surface area contributed by atoms with Gasteiger partial charge in [0.2, 0.25) is 0 Å². The van der Waals surface area contributed by atoms with Crippen molar-refractivity contribution >= 4 is 10.9 Å². The fourth-order valence-electron chi connectivity index (χ4n) is 1.91. The Balaban J connectivity index is 2.68. The van der Waals surface area contributed by atoms with Gasteiger partial charge in [-0.1, -0.05) is 0 Å². The molecule has 1 aromatic carbocycles. The van der Waals surface area contributed by atoms with Gasteiger partial charge in [-0.05, 0) is 57.0 Å². The predicted octanol–water partition coefficient (Wildman–Crippen LogP) is 3.56. The van der Waals surface area contributed by atoms with E-state index in [1.165, 1.54) is 16.5 Å². The Morgan fingerprint density at radius 2 is 1.88 bits per heavy atom. The SMILES string of the molecule is CCOc1ccc2nc(C)c(C)c(C)c2c1. The maximum atomic E-state index is 5.51. The highest BCUT2D eigenvalue weighted by atomic mass is 16.5. The minimum Gasteiger partial charge on any atom is -0.494 e. The van der Waals surface area contributed by atoms with Crippen molar-refractivity contribution in [3.05, 3.63) is 35.0 Å². The normalized spacial score (nSPS) is 10.8. The molecule has 0 bridgehead atoms. The molecule has 16 heavy (non-hydrogen) atoms. The van der Waals surface area contributed by atoms with Crippen LogP contribution in [0.2, 0.25) is 0 Å². The molecule has 2 aromatic rings. The maximum absolute atomic E-state index is 5.51. The molecule has 1 aromatic heterocycles. The van der Waals surface area contributed by atoms with Crippen LogP contribution in [0.5, 0.6) is 5.75 Å². The molecule has 0 aliphatic rings. The number of aromatic nitrogens is 1. The number of aryl methyl sites for hydroxylation is 2. The lowest BCUT2D eigenvalue weighted by Gasteiger charge is -2.10. The highest BCUT2D eigenvalue weighted by Crippen LogP contribution is 2.25. The summed E-state index contributed by atoms with van der Waals surface area (Å²) in [5.41, 5.74) is 4.71. The zero-order valence-corrected chi connectivity index (χ0v) is 10.3. The summed E-state index contributed by atoms with van der Waals surface area (Å²) in [5, 5.41) is 1.19. The van der Waals surface area contributed by atoms with Crippen LogP contribution in [0.15, 0.2) is 18.2 Å². The van der Waals surface area contributed by atoms with Gasteiger partial charge < -0.3 is 4.74 Å². The van der Waals surface area contributed by atoms with Crippen LogP contribution >= 0.6 is 0 Å². The Morgan fingerprint density at radius 3 is 2.56 bits per heavy atom. The first-order valence-electron chi connectivity index (χ1n) is 5.64. The van der Waals surface area contributed by atoms with Crippen molar-refractivity contribution < 1.29 is 4.74 Å². The lowest BCUT2D eigenvalue weighted by atomic mass is 10.0. The van der Waals surface area contributed by atoms with E-state index in [-0.39, 0.29) is 0 Å². The van der Waals surface area contributed by atoms with Gasteiger partial charge in [0.05, 0.1) is 12.1 Å². The van der Waals surface area contributed by atoms with Gasteiger partial charge in [0.1, 0.15) is 5.75 Å². The summed E-state index contributed by atoms with van der Waals surface area (Å²) in [6.07, 6.45) is 0. The molecule has 0 saturated heterocycles. The van der Waals surface area contributed by atoms with Crippen molar-refractivity contribution in [3.63, 3.8) is 0 Å². The summed E-state index contributed by atoms with van der Waals surface area (Å²) in [7, 11) is 0. The Hall–Kier alpha value is -1.57. The quantitative estimate of drug-likeness (QED) is 0.764.